The van der Waals surface area contributed by atoms with Crippen LogP contribution in [0.1, 0.15) is 46.2 Å². The summed E-state index contributed by atoms with van der Waals surface area (Å²) in [5.41, 5.74) is 1.06. The van der Waals surface area contributed by atoms with Gasteiger partial charge >= 0.3 is 5.97 Å². The summed E-state index contributed by atoms with van der Waals surface area (Å²) >= 11 is 1.63. The minimum absolute atomic E-state index is 0.0935. The molecule has 0 unspecified atom stereocenters. The number of carbonyl (C=O) groups is 1. The summed E-state index contributed by atoms with van der Waals surface area (Å²) in [7, 11) is 2.07. The van der Waals surface area contributed by atoms with Crippen molar-refractivity contribution in [3.8, 4) is 0 Å². The van der Waals surface area contributed by atoms with Gasteiger partial charge in [-0.2, -0.15) is 0 Å². The van der Waals surface area contributed by atoms with Crippen LogP contribution in [0.5, 0.6) is 0 Å². The van der Waals surface area contributed by atoms with Gasteiger partial charge in [-0.05, 0) is 27.2 Å². The second-order valence-electron chi connectivity index (χ2n) is 5.15. The van der Waals surface area contributed by atoms with Crippen LogP contribution in [0.3, 0.4) is 0 Å². The van der Waals surface area contributed by atoms with Crippen LogP contribution in [0, 0.1) is 0 Å². The van der Waals surface area contributed by atoms with Crippen molar-refractivity contribution < 1.29 is 9.53 Å². The number of carbonyl (C=O) groups excluding carboxylic acids is 1. The minimum Gasteiger partial charge on any atom is -0.466 e. The fraction of sp³-hybridized carbons (Fsp3) is 0.714. The number of anilines is 1. The Labute approximate surface area is 119 Å². The second-order valence-corrected chi connectivity index (χ2v) is 5.99. The summed E-state index contributed by atoms with van der Waals surface area (Å²) in [6.07, 6.45) is 2.11. The van der Waals surface area contributed by atoms with Gasteiger partial charge in [0, 0.05) is 24.4 Å². The predicted octanol–water partition coefficient (Wildman–Crippen LogP) is 3.26. The summed E-state index contributed by atoms with van der Waals surface area (Å²) in [5.74, 6) is -0.153. The first-order chi connectivity index (χ1) is 8.90. The van der Waals surface area contributed by atoms with E-state index < -0.39 is 0 Å². The molecule has 0 radical (unpaired) electrons. The Bertz CT molecular complexity index is 415. The Hall–Kier alpha value is -1.10. The standard InChI is InChI=1S/C14H24N2O2S/c1-6-14(3,4)16(5)13-15-11(10-19-13)8-9-12(17)18-7-2/h10H,6-9H2,1-5H3. The number of nitrogens with zero attached hydrogens (tertiary/aromatic N) is 2. The van der Waals surface area contributed by atoms with Gasteiger partial charge in [-0.1, -0.05) is 6.92 Å². The van der Waals surface area contributed by atoms with Gasteiger partial charge in [0.1, 0.15) is 0 Å². The first-order valence-corrected chi connectivity index (χ1v) is 7.62. The van der Waals surface area contributed by atoms with E-state index in [9.17, 15) is 4.79 Å². The average molecular weight is 284 g/mol. The third-order valence-electron chi connectivity index (χ3n) is 3.49. The highest BCUT2D eigenvalue weighted by atomic mass is 32.1. The quantitative estimate of drug-likeness (QED) is 0.721. The maximum Gasteiger partial charge on any atom is 0.306 e. The predicted molar refractivity (Wildman–Crippen MR) is 79.8 cm³/mol. The highest BCUT2D eigenvalue weighted by Crippen LogP contribution is 2.28. The summed E-state index contributed by atoms with van der Waals surface area (Å²) in [5, 5.41) is 3.03. The third kappa shape index (κ3) is 4.49. The fourth-order valence-electron chi connectivity index (χ4n) is 1.52. The van der Waals surface area contributed by atoms with Gasteiger partial charge in [-0.15, -0.1) is 11.3 Å². The summed E-state index contributed by atoms with van der Waals surface area (Å²) in [6.45, 7) is 8.83. The number of rotatable bonds is 7. The monoisotopic (exact) mass is 284 g/mol. The van der Waals surface area contributed by atoms with Crippen molar-refractivity contribution >= 4 is 22.4 Å². The minimum atomic E-state index is -0.153. The molecule has 0 aliphatic rings. The highest BCUT2D eigenvalue weighted by molar-refractivity contribution is 7.13. The molecule has 0 amide bonds. The molecule has 1 rings (SSSR count). The molecule has 0 saturated heterocycles. The van der Waals surface area contributed by atoms with E-state index in [1.807, 2.05) is 12.3 Å². The van der Waals surface area contributed by atoms with E-state index in [2.05, 4.69) is 37.7 Å². The van der Waals surface area contributed by atoms with E-state index in [-0.39, 0.29) is 11.5 Å². The molecule has 0 aromatic carbocycles. The topological polar surface area (TPSA) is 42.4 Å². The van der Waals surface area contributed by atoms with Crippen molar-refractivity contribution in [2.75, 3.05) is 18.6 Å². The second kappa shape index (κ2) is 6.89. The number of esters is 1. The van der Waals surface area contributed by atoms with Crippen molar-refractivity contribution in [3.63, 3.8) is 0 Å². The Morgan fingerprint density at radius 3 is 2.74 bits per heavy atom. The van der Waals surface area contributed by atoms with Gasteiger partial charge < -0.3 is 9.64 Å². The number of ether oxygens (including phenoxy) is 1. The molecule has 1 aromatic rings. The molecule has 0 fully saturated rings. The first kappa shape index (κ1) is 16.0. The molecule has 0 N–H and O–H groups in total. The molecule has 0 bridgehead atoms. The summed E-state index contributed by atoms with van der Waals surface area (Å²) in [4.78, 5) is 18.1. The van der Waals surface area contributed by atoms with Crippen LogP contribution in [-0.4, -0.2) is 30.1 Å². The molecule has 0 spiro atoms. The molecule has 1 heterocycles. The molecule has 0 atom stereocenters. The zero-order valence-corrected chi connectivity index (χ0v) is 13.3. The maximum absolute atomic E-state index is 11.3. The van der Waals surface area contributed by atoms with E-state index in [1.54, 1.807) is 11.3 Å². The van der Waals surface area contributed by atoms with Gasteiger partial charge in [-0.3, -0.25) is 4.79 Å². The Kier molecular flexibility index (Phi) is 5.79. The smallest absolute Gasteiger partial charge is 0.306 e. The molecule has 5 heteroatoms. The van der Waals surface area contributed by atoms with Gasteiger partial charge in [0.15, 0.2) is 5.13 Å². The van der Waals surface area contributed by atoms with Crippen LogP contribution in [0.25, 0.3) is 0 Å². The first-order valence-electron chi connectivity index (χ1n) is 6.74. The van der Waals surface area contributed by atoms with Gasteiger partial charge in [0.25, 0.3) is 0 Å². The molecule has 19 heavy (non-hydrogen) atoms. The van der Waals surface area contributed by atoms with Gasteiger partial charge in [0.05, 0.1) is 18.7 Å². The SMILES string of the molecule is CCOC(=O)CCc1csc(N(C)C(C)(C)CC)n1. The molecule has 1 aromatic heterocycles. The van der Waals surface area contributed by atoms with Crippen molar-refractivity contribution in [3.05, 3.63) is 11.1 Å². The normalized spacial score (nSPS) is 11.4. The van der Waals surface area contributed by atoms with Crippen LogP contribution < -0.4 is 4.90 Å². The number of aromatic nitrogens is 1. The summed E-state index contributed by atoms with van der Waals surface area (Å²) < 4.78 is 4.92. The van der Waals surface area contributed by atoms with Crippen LogP contribution in [-0.2, 0) is 16.0 Å². The van der Waals surface area contributed by atoms with Gasteiger partial charge in [0.2, 0.25) is 0 Å². The lowest BCUT2D eigenvalue weighted by Gasteiger charge is -2.34. The molecule has 108 valence electrons. The zero-order valence-electron chi connectivity index (χ0n) is 12.5. The number of hydrogen-bond donors (Lipinski definition) is 0. The third-order valence-corrected chi connectivity index (χ3v) is 4.46. The number of thiazole rings is 1. The molecular weight excluding hydrogens is 260 g/mol. The zero-order chi connectivity index (χ0) is 14.5. The van der Waals surface area contributed by atoms with Crippen molar-refractivity contribution in [1.82, 2.24) is 4.98 Å². The van der Waals surface area contributed by atoms with Crippen LogP contribution in [0.15, 0.2) is 5.38 Å². The maximum atomic E-state index is 11.3. The molecule has 4 nitrogen and oxygen atoms in total. The molecule has 0 saturated carbocycles. The van der Waals surface area contributed by atoms with E-state index in [4.69, 9.17) is 4.74 Å². The fourth-order valence-corrected chi connectivity index (χ4v) is 2.51. The lowest BCUT2D eigenvalue weighted by Crippen LogP contribution is -2.40. The number of aryl methyl sites for hydroxylation is 1. The van der Waals surface area contributed by atoms with E-state index >= 15 is 0 Å². The van der Waals surface area contributed by atoms with Crippen LogP contribution >= 0.6 is 11.3 Å². The van der Waals surface area contributed by atoms with Crippen molar-refractivity contribution in [1.29, 1.82) is 0 Å². The Balaban J connectivity index is 2.60. The van der Waals surface area contributed by atoms with Crippen molar-refractivity contribution in [2.24, 2.45) is 0 Å². The van der Waals surface area contributed by atoms with E-state index in [0.717, 1.165) is 17.2 Å². The summed E-state index contributed by atoms with van der Waals surface area (Å²) in [6, 6.07) is 0. The van der Waals surface area contributed by atoms with Gasteiger partial charge in [-0.25, -0.2) is 4.98 Å². The molecular formula is C14H24N2O2S. The Morgan fingerprint density at radius 1 is 1.47 bits per heavy atom. The number of hydrogen-bond acceptors (Lipinski definition) is 5. The average Bonchev–Trinajstić information content (AvgIpc) is 2.84. The van der Waals surface area contributed by atoms with E-state index in [1.165, 1.54) is 0 Å². The lowest BCUT2D eigenvalue weighted by atomic mass is 10.0. The lowest BCUT2D eigenvalue weighted by molar-refractivity contribution is -0.143. The molecule has 0 aliphatic carbocycles. The van der Waals surface area contributed by atoms with E-state index in [0.29, 0.717) is 19.4 Å². The molecule has 0 aliphatic heterocycles. The van der Waals surface area contributed by atoms with Crippen LogP contribution in [0.2, 0.25) is 0 Å². The highest BCUT2D eigenvalue weighted by Gasteiger charge is 2.23. The van der Waals surface area contributed by atoms with Crippen molar-refractivity contribution in [2.45, 2.75) is 52.5 Å². The Morgan fingerprint density at radius 2 is 2.16 bits per heavy atom. The van der Waals surface area contributed by atoms with Crippen LogP contribution in [0.4, 0.5) is 5.13 Å². The largest absolute Gasteiger partial charge is 0.466 e.